The van der Waals surface area contributed by atoms with Crippen molar-refractivity contribution in [2.75, 3.05) is 12.8 Å². The highest BCUT2D eigenvalue weighted by molar-refractivity contribution is 7.99. The van der Waals surface area contributed by atoms with Crippen molar-refractivity contribution in [2.45, 2.75) is 45.0 Å². The van der Waals surface area contributed by atoms with E-state index >= 15 is 0 Å². The highest BCUT2D eigenvalue weighted by atomic mass is 35.5. The normalized spacial score (nSPS) is 13.3. The van der Waals surface area contributed by atoms with Crippen LogP contribution in [0, 0.1) is 0 Å². The Labute approximate surface area is 113 Å². The standard InChI is InChI=1S/C12H22ClN3S/c1-5-6-16-12(10(13)7-15-16)11(14-4)8-17-9(2)3/h7,9,11,14H,5-6,8H2,1-4H3. The summed E-state index contributed by atoms with van der Waals surface area (Å²) in [4.78, 5) is 0. The quantitative estimate of drug-likeness (QED) is 0.828. The summed E-state index contributed by atoms with van der Waals surface area (Å²) in [6.45, 7) is 7.49. The van der Waals surface area contributed by atoms with E-state index in [0.717, 1.165) is 29.4 Å². The maximum Gasteiger partial charge on any atom is 0.0834 e. The Morgan fingerprint density at radius 2 is 2.24 bits per heavy atom. The van der Waals surface area contributed by atoms with Gasteiger partial charge in [-0.25, -0.2) is 0 Å². The number of nitrogens with one attached hydrogen (secondary N) is 1. The van der Waals surface area contributed by atoms with Crippen LogP contribution in [0.5, 0.6) is 0 Å². The van der Waals surface area contributed by atoms with Crippen molar-refractivity contribution in [3.63, 3.8) is 0 Å². The molecule has 1 aromatic rings. The summed E-state index contributed by atoms with van der Waals surface area (Å²) in [6, 6.07) is 0.268. The fraction of sp³-hybridized carbons (Fsp3) is 0.750. The molecule has 0 aliphatic heterocycles. The van der Waals surface area contributed by atoms with Crippen LogP contribution in [0.1, 0.15) is 38.9 Å². The topological polar surface area (TPSA) is 29.9 Å². The van der Waals surface area contributed by atoms with E-state index in [4.69, 9.17) is 11.6 Å². The van der Waals surface area contributed by atoms with Crippen molar-refractivity contribution < 1.29 is 0 Å². The number of hydrogen-bond donors (Lipinski definition) is 1. The number of rotatable bonds is 7. The Morgan fingerprint density at radius 1 is 1.53 bits per heavy atom. The first-order chi connectivity index (χ1) is 8.10. The summed E-state index contributed by atoms with van der Waals surface area (Å²) in [7, 11) is 1.98. The molecule has 0 spiro atoms. The molecular formula is C12H22ClN3S. The van der Waals surface area contributed by atoms with E-state index in [1.807, 2.05) is 23.5 Å². The lowest BCUT2D eigenvalue weighted by molar-refractivity contribution is 0.524. The van der Waals surface area contributed by atoms with Crippen LogP contribution in [0.2, 0.25) is 5.02 Å². The molecule has 0 aliphatic rings. The maximum atomic E-state index is 6.24. The van der Waals surface area contributed by atoms with Crippen molar-refractivity contribution in [2.24, 2.45) is 0 Å². The van der Waals surface area contributed by atoms with E-state index in [1.165, 1.54) is 0 Å². The lowest BCUT2D eigenvalue weighted by Gasteiger charge is -2.19. The third kappa shape index (κ3) is 4.19. The highest BCUT2D eigenvalue weighted by Crippen LogP contribution is 2.27. The maximum absolute atomic E-state index is 6.24. The second-order valence-electron chi connectivity index (χ2n) is 4.32. The summed E-state index contributed by atoms with van der Waals surface area (Å²) in [5.41, 5.74) is 1.11. The van der Waals surface area contributed by atoms with Gasteiger partial charge in [0.05, 0.1) is 23.0 Å². The van der Waals surface area contributed by atoms with Crippen LogP contribution in [0.15, 0.2) is 6.20 Å². The van der Waals surface area contributed by atoms with Gasteiger partial charge in [-0.05, 0) is 18.7 Å². The van der Waals surface area contributed by atoms with Crippen molar-refractivity contribution >= 4 is 23.4 Å². The third-order valence-electron chi connectivity index (χ3n) is 2.54. The Morgan fingerprint density at radius 3 is 2.76 bits per heavy atom. The van der Waals surface area contributed by atoms with E-state index in [2.05, 4.69) is 31.2 Å². The van der Waals surface area contributed by atoms with Crippen LogP contribution in [-0.4, -0.2) is 27.8 Å². The molecule has 1 atom stereocenters. The van der Waals surface area contributed by atoms with Crippen LogP contribution >= 0.6 is 23.4 Å². The average molecular weight is 276 g/mol. The van der Waals surface area contributed by atoms with Crippen LogP contribution in [0.4, 0.5) is 0 Å². The van der Waals surface area contributed by atoms with Crippen molar-refractivity contribution in [3.8, 4) is 0 Å². The molecule has 1 rings (SSSR count). The predicted molar refractivity (Wildman–Crippen MR) is 76.9 cm³/mol. The molecule has 0 amide bonds. The monoisotopic (exact) mass is 275 g/mol. The number of aryl methyl sites for hydroxylation is 1. The van der Waals surface area contributed by atoms with E-state index in [0.29, 0.717) is 5.25 Å². The van der Waals surface area contributed by atoms with Crippen LogP contribution < -0.4 is 5.32 Å². The minimum absolute atomic E-state index is 0.268. The molecule has 0 aliphatic carbocycles. The largest absolute Gasteiger partial charge is 0.311 e. The summed E-state index contributed by atoms with van der Waals surface area (Å²) < 4.78 is 2.02. The number of thioether (sulfide) groups is 1. The molecule has 17 heavy (non-hydrogen) atoms. The van der Waals surface area contributed by atoms with E-state index in [-0.39, 0.29) is 6.04 Å². The van der Waals surface area contributed by atoms with Gasteiger partial charge in [0.1, 0.15) is 0 Å². The number of hydrogen-bond acceptors (Lipinski definition) is 3. The smallest absolute Gasteiger partial charge is 0.0834 e. The number of halogens is 1. The summed E-state index contributed by atoms with van der Waals surface area (Å²) in [5.74, 6) is 1.02. The van der Waals surface area contributed by atoms with Gasteiger partial charge in [0.25, 0.3) is 0 Å². The molecule has 1 heterocycles. The Bertz CT molecular complexity index is 338. The molecule has 0 radical (unpaired) electrons. The second-order valence-corrected chi connectivity index (χ2v) is 6.34. The van der Waals surface area contributed by atoms with Crippen LogP contribution in [0.3, 0.4) is 0 Å². The molecule has 5 heteroatoms. The van der Waals surface area contributed by atoms with Gasteiger partial charge in [0, 0.05) is 12.3 Å². The molecule has 1 N–H and O–H groups in total. The molecule has 0 saturated carbocycles. The Balaban J connectivity index is 2.82. The van der Waals surface area contributed by atoms with Crippen molar-refractivity contribution in [1.82, 2.24) is 15.1 Å². The minimum Gasteiger partial charge on any atom is -0.311 e. The molecule has 98 valence electrons. The first kappa shape index (κ1) is 14.9. The number of aromatic nitrogens is 2. The first-order valence-electron chi connectivity index (χ1n) is 6.10. The van der Waals surface area contributed by atoms with Crippen molar-refractivity contribution in [3.05, 3.63) is 16.9 Å². The van der Waals surface area contributed by atoms with Crippen LogP contribution in [0.25, 0.3) is 0 Å². The summed E-state index contributed by atoms with van der Waals surface area (Å²) in [6.07, 6.45) is 2.82. The second kappa shape index (κ2) is 7.29. The molecule has 0 fully saturated rings. The van der Waals surface area contributed by atoms with Gasteiger partial charge in [-0.2, -0.15) is 16.9 Å². The van der Waals surface area contributed by atoms with Crippen molar-refractivity contribution in [1.29, 1.82) is 0 Å². The van der Waals surface area contributed by atoms with Gasteiger partial charge in [-0.3, -0.25) is 4.68 Å². The molecule has 3 nitrogen and oxygen atoms in total. The van der Waals surface area contributed by atoms with Gasteiger partial charge < -0.3 is 5.32 Å². The third-order valence-corrected chi connectivity index (χ3v) is 4.03. The fourth-order valence-corrected chi connectivity index (χ4v) is 2.87. The van der Waals surface area contributed by atoms with Gasteiger partial charge in [-0.1, -0.05) is 32.4 Å². The van der Waals surface area contributed by atoms with E-state index < -0.39 is 0 Å². The molecule has 1 aromatic heterocycles. The lowest BCUT2D eigenvalue weighted by atomic mass is 10.2. The average Bonchev–Trinajstić information content (AvgIpc) is 2.63. The van der Waals surface area contributed by atoms with Gasteiger partial charge in [0.2, 0.25) is 0 Å². The Hall–Kier alpha value is -0.190. The van der Waals surface area contributed by atoms with E-state index in [9.17, 15) is 0 Å². The molecule has 0 bridgehead atoms. The van der Waals surface area contributed by atoms with E-state index in [1.54, 1.807) is 6.20 Å². The molecule has 0 saturated heterocycles. The number of nitrogens with zero attached hydrogens (tertiary/aromatic N) is 2. The van der Waals surface area contributed by atoms with Gasteiger partial charge in [-0.15, -0.1) is 0 Å². The molecule has 1 unspecified atom stereocenters. The summed E-state index contributed by atoms with van der Waals surface area (Å²) >= 11 is 8.17. The Kier molecular flexibility index (Phi) is 6.38. The molecular weight excluding hydrogens is 254 g/mol. The zero-order chi connectivity index (χ0) is 12.8. The fourth-order valence-electron chi connectivity index (χ4n) is 1.70. The first-order valence-corrected chi connectivity index (χ1v) is 7.52. The predicted octanol–water partition coefficient (Wildman–Crippen LogP) is 3.35. The van der Waals surface area contributed by atoms with Gasteiger partial charge in [0.15, 0.2) is 0 Å². The zero-order valence-electron chi connectivity index (χ0n) is 11.0. The summed E-state index contributed by atoms with van der Waals surface area (Å²) in [5, 5.41) is 9.07. The van der Waals surface area contributed by atoms with Gasteiger partial charge >= 0.3 is 0 Å². The van der Waals surface area contributed by atoms with Crippen LogP contribution in [-0.2, 0) is 6.54 Å². The molecule has 0 aromatic carbocycles. The SMILES string of the molecule is CCCn1ncc(Cl)c1C(CSC(C)C)NC. The lowest BCUT2D eigenvalue weighted by Crippen LogP contribution is -2.23. The zero-order valence-corrected chi connectivity index (χ0v) is 12.6. The minimum atomic E-state index is 0.268. The highest BCUT2D eigenvalue weighted by Gasteiger charge is 2.19.